The molecule has 2 nitrogen and oxygen atoms in total. The Morgan fingerprint density at radius 1 is 1.29 bits per heavy atom. The first-order valence-electron chi connectivity index (χ1n) is 8.77. The van der Waals surface area contributed by atoms with Crippen molar-refractivity contribution in [2.45, 2.75) is 64.4 Å². The van der Waals surface area contributed by atoms with Crippen molar-refractivity contribution in [2.75, 3.05) is 13.7 Å². The maximum Gasteiger partial charge on any atom is 0.125 e. The Morgan fingerprint density at radius 3 is 3.05 bits per heavy atom. The topological polar surface area (TPSA) is 18.5 Å². The van der Waals surface area contributed by atoms with Gasteiger partial charge in [0.05, 0.1) is 12.9 Å². The van der Waals surface area contributed by atoms with Crippen molar-refractivity contribution in [3.63, 3.8) is 0 Å². The first kappa shape index (κ1) is 13.9. The zero-order valence-electron chi connectivity index (χ0n) is 13.5. The molecule has 1 unspecified atom stereocenters. The van der Waals surface area contributed by atoms with E-state index in [4.69, 9.17) is 9.47 Å². The van der Waals surface area contributed by atoms with E-state index >= 15 is 0 Å². The molecular formula is C19H28O2. The Hall–Kier alpha value is -0.760. The van der Waals surface area contributed by atoms with Crippen LogP contribution in [0.25, 0.3) is 0 Å². The van der Waals surface area contributed by atoms with Crippen LogP contribution in [0.1, 0.15) is 58.3 Å². The lowest BCUT2D eigenvalue weighted by atomic mass is 9.58. The highest BCUT2D eigenvalue weighted by molar-refractivity contribution is 5.42. The molecule has 4 rings (SSSR count). The average Bonchev–Trinajstić information content (AvgIpc) is 2.89. The van der Waals surface area contributed by atoms with Gasteiger partial charge in [0.1, 0.15) is 6.10 Å². The summed E-state index contributed by atoms with van der Waals surface area (Å²) in [5.74, 6) is 1.83. The minimum atomic E-state index is 0.233. The number of ether oxygens (including phenoxy) is 2. The normalized spacial score (nSPS) is 41.8. The second kappa shape index (κ2) is 5.15. The van der Waals surface area contributed by atoms with Gasteiger partial charge >= 0.3 is 0 Å². The third-order valence-corrected chi connectivity index (χ3v) is 6.74. The second-order valence-electron chi connectivity index (χ2n) is 7.86. The fraction of sp³-hybridized carbons (Fsp3) is 0.789. The molecule has 1 heterocycles. The zero-order chi connectivity index (χ0) is 14.4. The van der Waals surface area contributed by atoms with Crippen LogP contribution in [-0.4, -0.2) is 19.8 Å². The minimum Gasteiger partial charge on any atom is -0.495 e. The van der Waals surface area contributed by atoms with Gasteiger partial charge in [0, 0.05) is 13.5 Å². The van der Waals surface area contributed by atoms with Crippen LogP contribution in [0.5, 0.6) is 0 Å². The van der Waals surface area contributed by atoms with Crippen LogP contribution >= 0.6 is 0 Å². The van der Waals surface area contributed by atoms with Gasteiger partial charge in [0.25, 0.3) is 0 Å². The molecule has 0 amide bonds. The van der Waals surface area contributed by atoms with Gasteiger partial charge in [0.2, 0.25) is 0 Å². The Bertz CT molecular complexity index is 490. The van der Waals surface area contributed by atoms with E-state index in [2.05, 4.69) is 6.92 Å². The van der Waals surface area contributed by atoms with Gasteiger partial charge in [-0.3, -0.25) is 0 Å². The summed E-state index contributed by atoms with van der Waals surface area (Å²) in [6.07, 6.45) is 13.1. The van der Waals surface area contributed by atoms with Gasteiger partial charge < -0.3 is 9.47 Å². The minimum absolute atomic E-state index is 0.233. The molecule has 2 saturated carbocycles. The van der Waals surface area contributed by atoms with Gasteiger partial charge in [-0.1, -0.05) is 18.9 Å². The Morgan fingerprint density at radius 2 is 2.19 bits per heavy atom. The molecule has 0 aromatic rings. The van der Waals surface area contributed by atoms with Gasteiger partial charge in [0.15, 0.2) is 0 Å². The summed E-state index contributed by atoms with van der Waals surface area (Å²) >= 11 is 0. The predicted octanol–water partition coefficient (Wildman–Crippen LogP) is 4.61. The molecule has 0 saturated heterocycles. The van der Waals surface area contributed by atoms with E-state index in [-0.39, 0.29) is 6.10 Å². The molecule has 0 spiro atoms. The summed E-state index contributed by atoms with van der Waals surface area (Å²) in [7, 11) is 1.77. The van der Waals surface area contributed by atoms with Crippen molar-refractivity contribution in [3.8, 4) is 0 Å². The third kappa shape index (κ3) is 2.18. The number of allylic oxidation sites excluding steroid dienone is 2. The van der Waals surface area contributed by atoms with E-state index in [1.54, 1.807) is 18.3 Å². The van der Waals surface area contributed by atoms with Gasteiger partial charge in [-0.25, -0.2) is 0 Å². The second-order valence-corrected chi connectivity index (χ2v) is 7.86. The van der Waals surface area contributed by atoms with Crippen molar-refractivity contribution < 1.29 is 9.47 Å². The molecule has 2 heteroatoms. The number of hydrogen-bond acceptors (Lipinski definition) is 2. The molecular weight excluding hydrogens is 260 g/mol. The van der Waals surface area contributed by atoms with Crippen LogP contribution in [-0.2, 0) is 9.47 Å². The maximum atomic E-state index is 5.85. The molecule has 0 aromatic carbocycles. The summed E-state index contributed by atoms with van der Waals surface area (Å²) in [5.41, 5.74) is 5.61. The van der Waals surface area contributed by atoms with Crippen molar-refractivity contribution in [2.24, 2.45) is 17.3 Å². The lowest BCUT2D eigenvalue weighted by molar-refractivity contribution is 0.0427. The molecule has 116 valence electrons. The number of methoxy groups -OCH3 is 1. The fourth-order valence-corrected chi connectivity index (χ4v) is 5.65. The highest BCUT2D eigenvalue weighted by Crippen LogP contribution is 2.59. The quantitative estimate of drug-likeness (QED) is 0.738. The predicted molar refractivity (Wildman–Crippen MR) is 83.9 cm³/mol. The molecule has 0 aromatic heterocycles. The van der Waals surface area contributed by atoms with Gasteiger partial charge in [-0.15, -0.1) is 0 Å². The summed E-state index contributed by atoms with van der Waals surface area (Å²) in [5, 5.41) is 0. The highest BCUT2D eigenvalue weighted by atomic mass is 16.5. The summed E-state index contributed by atoms with van der Waals surface area (Å²) < 4.78 is 11.2. The van der Waals surface area contributed by atoms with Gasteiger partial charge in [-0.05, 0) is 66.9 Å². The van der Waals surface area contributed by atoms with Crippen LogP contribution in [0.2, 0.25) is 0 Å². The number of fused-ring (bicyclic) bond motifs is 4. The molecule has 0 radical (unpaired) electrons. The SMILES string of the molecule is COCC1CC2=C3CC[C@]4(C)CCC[C@H]4[C@@H]3CCC2=CO1. The summed E-state index contributed by atoms with van der Waals surface area (Å²) in [6, 6.07) is 0. The highest BCUT2D eigenvalue weighted by Gasteiger charge is 2.48. The van der Waals surface area contributed by atoms with Crippen molar-refractivity contribution in [3.05, 3.63) is 23.0 Å². The van der Waals surface area contributed by atoms with E-state index in [1.165, 1.54) is 50.5 Å². The van der Waals surface area contributed by atoms with Crippen molar-refractivity contribution >= 4 is 0 Å². The summed E-state index contributed by atoms with van der Waals surface area (Å²) in [4.78, 5) is 0. The first-order valence-corrected chi connectivity index (χ1v) is 8.77. The monoisotopic (exact) mass is 288 g/mol. The van der Waals surface area contributed by atoms with E-state index < -0.39 is 0 Å². The molecule has 2 fully saturated rings. The van der Waals surface area contributed by atoms with Crippen molar-refractivity contribution in [1.82, 2.24) is 0 Å². The molecule has 4 atom stereocenters. The summed E-state index contributed by atoms with van der Waals surface area (Å²) in [6.45, 7) is 3.28. The molecule has 4 aliphatic rings. The zero-order valence-corrected chi connectivity index (χ0v) is 13.5. The standard InChI is InChI=1S/C19H28O2/c1-19-8-3-4-18(19)16-6-5-13-11-21-14(12-20-2)10-17(13)15(16)7-9-19/h11,14,16,18H,3-10,12H2,1-2H3/t14?,16-,18+,19+/m1/s1. The molecule has 3 aliphatic carbocycles. The van der Waals surface area contributed by atoms with E-state index in [9.17, 15) is 0 Å². The van der Waals surface area contributed by atoms with Crippen molar-refractivity contribution in [1.29, 1.82) is 0 Å². The molecule has 0 N–H and O–H groups in total. The molecule has 0 bridgehead atoms. The first-order chi connectivity index (χ1) is 10.2. The van der Waals surface area contributed by atoms with Crippen LogP contribution in [0.4, 0.5) is 0 Å². The third-order valence-electron chi connectivity index (χ3n) is 6.74. The van der Waals surface area contributed by atoms with E-state index in [0.717, 1.165) is 18.3 Å². The Balaban J connectivity index is 1.66. The largest absolute Gasteiger partial charge is 0.495 e. The van der Waals surface area contributed by atoms with E-state index in [1.807, 2.05) is 6.26 Å². The lowest BCUT2D eigenvalue weighted by Gasteiger charge is -2.47. The Labute approximate surface area is 128 Å². The van der Waals surface area contributed by atoms with Crippen LogP contribution < -0.4 is 0 Å². The maximum absolute atomic E-state index is 5.85. The number of rotatable bonds is 2. The lowest BCUT2D eigenvalue weighted by Crippen LogP contribution is -2.37. The Kier molecular flexibility index (Phi) is 3.40. The van der Waals surface area contributed by atoms with Gasteiger partial charge in [-0.2, -0.15) is 0 Å². The molecule has 21 heavy (non-hydrogen) atoms. The van der Waals surface area contributed by atoms with Crippen LogP contribution in [0.3, 0.4) is 0 Å². The fourth-order valence-electron chi connectivity index (χ4n) is 5.65. The average molecular weight is 288 g/mol. The number of hydrogen-bond donors (Lipinski definition) is 0. The van der Waals surface area contributed by atoms with E-state index in [0.29, 0.717) is 12.0 Å². The van der Waals surface area contributed by atoms with Crippen LogP contribution in [0.15, 0.2) is 23.0 Å². The van der Waals surface area contributed by atoms with Crippen LogP contribution in [0, 0.1) is 17.3 Å². The smallest absolute Gasteiger partial charge is 0.125 e. The molecule has 1 aliphatic heterocycles.